The molecule has 1 amide bonds. The lowest BCUT2D eigenvalue weighted by Gasteiger charge is -2.12. The molecule has 0 fully saturated rings. The topological polar surface area (TPSA) is 59.0 Å². The molecule has 0 saturated heterocycles. The SMILES string of the molecule is CCC(=O)Nc1ccc(C)c(NCc2cncn2C)c1. The van der Waals surface area contributed by atoms with Crippen LogP contribution in [-0.2, 0) is 18.4 Å². The molecule has 2 N–H and O–H groups in total. The number of hydrogen-bond acceptors (Lipinski definition) is 3. The summed E-state index contributed by atoms with van der Waals surface area (Å²) < 4.78 is 1.98. The average molecular weight is 272 g/mol. The molecule has 0 bridgehead atoms. The highest BCUT2D eigenvalue weighted by molar-refractivity contribution is 5.91. The fraction of sp³-hybridized carbons (Fsp3) is 0.333. The van der Waals surface area contributed by atoms with E-state index in [2.05, 4.69) is 15.6 Å². The molecule has 2 aromatic rings. The van der Waals surface area contributed by atoms with E-state index in [-0.39, 0.29) is 5.91 Å². The Kier molecular flexibility index (Phi) is 4.40. The molecule has 0 unspecified atom stereocenters. The van der Waals surface area contributed by atoms with Gasteiger partial charge in [0.15, 0.2) is 0 Å². The Morgan fingerprint density at radius 2 is 2.20 bits per heavy atom. The summed E-state index contributed by atoms with van der Waals surface area (Å²) in [5, 5.41) is 6.24. The number of nitrogens with zero attached hydrogens (tertiary/aromatic N) is 2. The number of aromatic nitrogens is 2. The van der Waals surface area contributed by atoms with Crippen molar-refractivity contribution in [3.8, 4) is 0 Å². The molecule has 0 aliphatic carbocycles. The van der Waals surface area contributed by atoms with Crippen LogP contribution in [0, 0.1) is 6.92 Å². The van der Waals surface area contributed by atoms with Crippen molar-refractivity contribution in [3.05, 3.63) is 42.0 Å². The number of carbonyl (C=O) groups excluding carboxylic acids is 1. The molecule has 106 valence electrons. The van der Waals surface area contributed by atoms with Crippen LogP contribution in [0.5, 0.6) is 0 Å². The Labute approximate surface area is 119 Å². The van der Waals surface area contributed by atoms with Gasteiger partial charge in [0.1, 0.15) is 0 Å². The Morgan fingerprint density at radius 1 is 1.40 bits per heavy atom. The second-order valence-electron chi connectivity index (χ2n) is 4.78. The van der Waals surface area contributed by atoms with Crippen molar-refractivity contribution < 1.29 is 4.79 Å². The minimum absolute atomic E-state index is 0.0198. The maximum absolute atomic E-state index is 11.4. The van der Waals surface area contributed by atoms with Crippen molar-refractivity contribution >= 4 is 17.3 Å². The van der Waals surface area contributed by atoms with E-state index in [0.717, 1.165) is 22.6 Å². The van der Waals surface area contributed by atoms with E-state index in [1.807, 2.05) is 49.9 Å². The maximum Gasteiger partial charge on any atom is 0.224 e. The molecule has 1 aromatic carbocycles. The highest BCUT2D eigenvalue weighted by atomic mass is 16.1. The molecule has 5 heteroatoms. The quantitative estimate of drug-likeness (QED) is 0.879. The zero-order valence-electron chi connectivity index (χ0n) is 12.1. The van der Waals surface area contributed by atoms with Crippen LogP contribution in [0.3, 0.4) is 0 Å². The van der Waals surface area contributed by atoms with Crippen LogP contribution in [0.25, 0.3) is 0 Å². The van der Waals surface area contributed by atoms with Crippen LogP contribution >= 0.6 is 0 Å². The normalized spacial score (nSPS) is 10.3. The number of benzene rings is 1. The summed E-state index contributed by atoms with van der Waals surface area (Å²) in [5.74, 6) is 0.0198. The smallest absolute Gasteiger partial charge is 0.224 e. The molecule has 0 atom stereocenters. The minimum atomic E-state index is 0.0198. The van der Waals surface area contributed by atoms with Gasteiger partial charge in [-0.05, 0) is 24.6 Å². The van der Waals surface area contributed by atoms with E-state index in [9.17, 15) is 4.79 Å². The minimum Gasteiger partial charge on any atom is -0.379 e. The standard InChI is InChI=1S/C15H20N4O/c1-4-15(20)18-12-6-5-11(2)14(7-12)17-9-13-8-16-10-19(13)3/h5-8,10,17H,4,9H2,1-3H3,(H,18,20). The second kappa shape index (κ2) is 6.23. The van der Waals surface area contributed by atoms with E-state index in [1.54, 1.807) is 6.33 Å². The second-order valence-corrected chi connectivity index (χ2v) is 4.78. The van der Waals surface area contributed by atoms with Gasteiger partial charge in [-0.2, -0.15) is 0 Å². The Bertz CT molecular complexity index is 604. The molecule has 0 aliphatic heterocycles. The summed E-state index contributed by atoms with van der Waals surface area (Å²) >= 11 is 0. The number of anilines is 2. The third kappa shape index (κ3) is 3.38. The summed E-state index contributed by atoms with van der Waals surface area (Å²) in [4.78, 5) is 15.5. The summed E-state index contributed by atoms with van der Waals surface area (Å²) in [7, 11) is 1.97. The van der Waals surface area contributed by atoms with Gasteiger partial charge >= 0.3 is 0 Å². The molecular formula is C15H20N4O. The van der Waals surface area contributed by atoms with Crippen molar-refractivity contribution in [1.29, 1.82) is 0 Å². The first-order valence-electron chi connectivity index (χ1n) is 6.69. The van der Waals surface area contributed by atoms with Crippen molar-refractivity contribution in [2.45, 2.75) is 26.8 Å². The number of amides is 1. The first-order chi connectivity index (χ1) is 9.60. The lowest BCUT2D eigenvalue weighted by atomic mass is 10.1. The van der Waals surface area contributed by atoms with Gasteiger partial charge in [0, 0.05) is 31.0 Å². The largest absolute Gasteiger partial charge is 0.379 e. The average Bonchev–Trinajstić information content (AvgIpc) is 2.84. The van der Waals surface area contributed by atoms with Gasteiger partial charge in [-0.1, -0.05) is 13.0 Å². The van der Waals surface area contributed by atoms with Gasteiger partial charge in [0.25, 0.3) is 0 Å². The monoisotopic (exact) mass is 272 g/mol. The maximum atomic E-state index is 11.4. The third-order valence-electron chi connectivity index (χ3n) is 3.22. The lowest BCUT2D eigenvalue weighted by molar-refractivity contribution is -0.115. The molecule has 5 nitrogen and oxygen atoms in total. The first-order valence-corrected chi connectivity index (χ1v) is 6.69. The fourth-order valence-corrected chi connectivity index (χ4v) is 1.88. The van der Waals surface area contributed by atoms with Gasteiger partial charge < -0.3 is 15.2 Å². The van der Waals surface area contributed by atoms with E-state index in [1.165, 1.54) is 0 Å². The van der Waals surface area contributed by atoms with Crippen molar-refractivity contribution in [2.75, 3.05) is 10.6 Å². The fourth-order valence-electron chi connectivity index (χ4n) is 1.88. The van der Waals surface area contributed by atoms with Gasteiger partial charge in [0.05, 0.1) is 18.6 Å². The molecule has 0 spiro atoms. The van der Waals surface area contributed by atoms with Gasteiger partial charge in [-0.15, -0.1) is 0 Å². The molecule has 0 radical (unpaired) electrons. The highest BCUT2D eigenvalue weighted by Crippen LogP contribution is 2.21. The zero-order chi connectivity index (χ0) is 14.5. The number of nitrogens with one attached hydrogen (secondary N) is 2. The van der Waals surface area contributed by atoms with Gasteiger partial charge in [0.2, 0.25) is 5.91 Å². The van der Waals surface area contributed by atoms with Crippen LogP contribution < -0.4 is 10.6 Å². The van der Waals surface area contributed by atoms with Gasteiger partial charge in [-0.25, -0.2) is 4.98 Å². The Balaban J connectivity index is 2.08. The Hall–Kier alpha value is -2.30. The number of hydrogen-bond donors (Lipinski definition) is 2. The van der Waals surface area contributed by atoms with Crippen LogP contribution in [0.1, 0.15) is 24.6 Å². The molecular weight excluding hydrogens is 252 g/mol. The summed E-state index contributed by atoms with van der Waals surface area (Å²) in [6.45, 7) is 4.57. The molecule has 1 heterocycles. The molecule has 2 rings (SSSR count). The third-order valence-corrected chi connectivity index (χ3v) is 3.22. The number of aryl methyl sites for hydroxylation is 2. The predicted octanol–water partition coefficient (Wildman–Crippen LogP) is 2.69. The molecule has 20 heavy (non-hydrogen) atoms. The number of carbonyl (C=O) groups is 1. The first kappa shape index (κ1) is 14.1. The highest BCUT2D eigenvalue weighted by Gasteiger charge is 2.04. The van der Waals surface area contributed by atoms with E-state index < -0.39 is 0 Å². The zero-order valence-corrected chi connectivity index (χ0v) is 12.1. The van der Waals surface area contributed by atoms with Crippen LogP contribution in [0.15, 0.2) is 30.7 Å². The van der Waals surface area contributed by atoms with E-state index in [4.69, 9.17) is 0 Å². The van der Waals surface area contributed by atoms with Crippen LogP contribution in [-0.4, -0.2) is 15.5 Å². The van der Waals surface area contributed by atoms with Crippen molar-refractivity contribution in [1.82, 2.24) is 9.55 Å². The van der Waals surface area contributed by atoms with Crippen molar-refractivity contribution in [3.63, 3.8) is 0 Å². The van der Waals surface area contributed by atoms with Crippen molar-refractivity contribution in [2.24, 2.45) is 7.05 Å². The molecule has 0 saturated carbocycles. The lowest BCUT2D eigenvalue weighted by Crippen LogP contribution is -2.10. The molecule has 0 aliphatic rings. The summed E-state index contributed by atoms with van der Waals surface area (Å²) in [6.07, 6.45) is 4.10. The number of imidazole rings is 1. The molecule has 1 aromatic heterocycles. The Morgan fingerprint density at radius 3 is 2.85 bits per heavy atom. The van der Waals surface area contributed by atoms with Crippen LogP contribution in [0.2, 0.25) is 0 Å². The summed E-state index contributed by atoms with van der Waals surface area (Å²) in [5.41, 5.74) is 4.07. The number of rotatable bonds is 5. The van der Waals surface area contributed by atoms with Gasteiger partial charge in [-0.3, -0.25) is 4.79 Å². The van der Waals surface area contributed by atoms with Crippen LogP contribution in [0.4, 0.5) is 11.4 Å². The van der Waals surface area contributed by atoms with E-state index in [0.29, 0.717) is 13.0 Å². The van der Waals surface area contributed by atoms with E-state index >= 15 is 0 Å². The predicted molar refractivity (Wildman–Crippen MR) is 80.6 cm³/mol. The summed E-state index contributed by atoms with van der Waals surface area (Å²) in [6, 6.07) is 5.87.